The van der Waals surface area contributed by atoms with Crippen LogP contribution < -0.4 is 10.3 Å². The van der Waals surface area contributed by atoms with E-state index in [1.807, 2.05) is 0 Å². The molecule has 0 atom stereocenters. The molecule has 32 heavy (non-hydrogen) atoms. The topological polar surface area (TPSA) is 80.5 Å². The van der Waals surface area contributed by atoms with Gasteiger partial charge in [-0.15, -0.1) is 11.8 Å². The molecule has 0 amide bonds. The van der Waals surface area contributed by atoms with Gasteiger partial charge in [0.2, 0.25) is 0 Å². The Morgan fingerprint density at radius 3 is 2.59 bits per heavy atom. The second-order valence-corrected chi connectivity index (χ2v) is 9.76. The largest absolute Gasteiger partial charge is 0.278 e. The molecular weight excluding hydrogens is 480 g/mol. The number of aromatic nitrogens is 2. The van der Waals surface area contributed by atoms with Crippen LogP contribution in [0.4, 0.5) is 14.5 Å². The Kier molecular flexibility index (Phi) is 6.18. The van der Waals surface area contributed by atoms with Gasteiger partial charge in [0.25, 0.3) is 15.6 Å². The molecule has 0 aliphatic carbocycles. The van der Waals surface area contributed by atoms with Gasteiger partial charge in [0.05, 0.1) is 21.3 Å². The lowest BCUT2D eigenvalue weighted by molar-refractivity contribution is 0.504. The maximum Gasteiger partial charge on any atom is 0.262 e. The third-order valence-electron chi connectivity index (χ3n) is 4.38. The van der Waals surface area contributed by atoms with E-state index in [1.165, 1.54) is 28.4 Å². The summed E-state index contributed by atoms with van der Waals surface area (Å²) in [5.41, 5.74) is 0.900. The number of rotatable bonds is 6. The Balaban J connectivity index is 1.58. The van der Waals surface area contributed by atoms with E-state index in [0.29, 0.717) is 27.3 Å². The van der Waals surface area contributed by atoms with Crippen LogP contribution >= 0.6 is 23.4 Å². The summed E-state index contributed by atoms with van der Waals surface area (Å²) in [4.78, 5) is 16.9. The van der Waals surface area contributed by atoms with E-state index in [2.05, 4.69) is 9.71 Å². The molecule has 164 valence electrons. The minimum absolute atomic E-state index is 0.256. The van der Waals surface area contributed by atoms with E-state index in [-0.39, 0.29) is 17.0 Å². The minimum atomic E-state index is -4.15. The third-order valence-corrected chi connectivity index (χ3v) is 7.08. The van der Waals surface area contributed by atoms with Gasteiger partial charge in [-0.3, -0.25) is 13.9 Å². The summed E-state index contributed by atoms with van der Waals surface area (Å²) in [6.45, 7) is 0. The SMILES string of the molecule is O=c1cc(CSc2ccccc2NS(=O)(=O)c2ccc(F)c(F)c2)nc2ccc(Cl)cn12. The summed E-state index contributed by atoms with van der Waals surface area (Å²) in [5, 5.41) is 0.408. The van der Waals surface area contributed by atoms with Gasteiger partial charge in [0.15, 0.2) is 11.6 Å². The fourth-order valence-corrected chi connectivity index (χ4v) is 5.09. The summed E-state index contributed by atoms with van der Waals surface area (Å²) in [5.74, 6) is -2.11. The Morgan fingerprint density at radius 2 is 1.81 bits per heavy atom. The molecule has 0 fully saturated rings. The van der Waals surface area contributed by atoms with Crippen LogP contribution in [0.5, 0.6) is 0 Å². The molecule has 2 aromatic heterocycles. The van der Waals surface area contributed by atoms with Crippen LogP contribution in [-0.2, 0) is 15.8 Å². The highest BCUT2D eigenvalue weighted by atomic mass is 35.5. The van der Waals surface area contributed by atoms with Gasteiger partial charge in [0, 0.05) is 22.9 Å². The van der Waals surface area contributed by atoms with E-state index < -0.39 is 26.6 Å². The number of hydrogen-bond acceptors (Lipinski definition) is 5. The lowest BCUT2D eigenvalue weighted by atomic mass is 10.3. The lowest BCUT2D eigenvalue weighted by Crippen LogP contribution is -2.15. The van der Waals surface area contributed by atoms with Crippen LogP contribution in [0.25, 0.3) is 5.65 Å². The second-order valence-electron chi connectivity index (χ2n) is 6.63. The van der Waals surface area contributed by atoms with E-state index in [4.69, 9.17) is 11.6 Å². The molecule has 2 heterocycles. The normalized spacial score (nSPS) is 11.6. The van der Waals surface area contributed by atoms with Crippen molar-refractivity contribution < 1.29 is 17.2 Å². The molecular formula is C21H14ClF2N3O3S2. The molecule has 4 aromatic rings. The number of anilines is 1. The molecule has 0 spiro atoms. The Bertz CT molecular complexity index is 1490. The molecule has 4 rings (SSSR count). The van der Waals surface area contributed by atoms with Crippen LogP contribution in [-0.4, -0.2) is 17.8 Å². The first-order chi connectivity index (χ1) is 15.2. The summed E-state index contributed by atoms with van der Waals surface area (Å²) < 4.78 is 55.6. The van der Waals surface area contributed by atoms with Gasteiger partial charge >= 0.3 is 0 Å². The lowest BCUT2D eigenvalue weighted by Gasteiger charge is -2.12. The van der Waals surface area contributed by atoms with Crippen molar-refractivity contribution in [3.63, 3.8) is 0 Å². The summed E-state index contributed by atoms with van der Waals surface area (Å²) in [6, 6.07) is 13.6. The van der Waals surface area contributed by atoms with Crippen molar-refractivity contribution in [3.05, 3.63) is 99.6 Å². The molecule has 2 aromatic carbocycles. The van der Waals surface area contributed by atoms with Crippen LogP contribution in [0.15, 0.2) is 81.4 Å². The molecule has 0 saturated heterocycles. The van der Waals surface area contributed by atoms with Gasteiger partial charge in [-0.1, -0.05) is 23.7 Å². The van der Waals surface area contributed by atoms with Crippen molar-refractivity contribution in [1.29, 1.82) is 0 Å². The zero-order valence-corrected chi connectivity index (χ0v) is 18.5. The number of nitrogens with one attached hydrogen (secondary N) is 1. The van der Waals surface area contributed by atoms with Crippen LogP contribution in [0.3, 0.4) is 0 Å². The number of nitrogens with zero attached hydrogens (tertiary/aromatic N) is 2. The van der Waals surface area contributed by atoms with E-state index in [0.717, 1.165) is 12.1 Å². The highest BCUT2D eigenvalue weighted by Gasteiger charge is 2.18. The first-order valence-electron chi connectivity index (χ1n) is 9.10. The minimum Gasteiger partial charge on any atom is -0.278 e. The van der Waals surface area contributed by atoms with Gasteiger partial charge in [-0.25, -0.2) is 22.2 Å². The zero-order chi connectivity index (χ0) is 22.9. The molecule has 0 radical (unpaired) electrons. The molecule has 0 bridgehead atoms. The highest BCUT2D eigenvalue weighted by molar-refractivity contribution is 7.98. The fraction of sp³-hybridized carbons (Fsp3) is 0.0476. The van der Waals surface area contributed by atoms with E-state index in [9.17, 15) is 22.0 Å². The molecule has 0 aliphatic rings. The maximum absolute atomic E-state index is 13.5. The molecule has 6 nitrogen and oxygen atoms in total. The monoisotopic (exact) mass is 493 g/mol. The van der Waals surface area contributed by atoms with Crippen molar-refractivity contribution in [2.45, 2.75) is 15.5 Å². The second kappa shape index (κ2) is 8.89. The molecule has 11 heteroatoms. The van der Waals surface area contributed by atoms with Crippen molar-refractivity contribution in [1.82, 2.24) is 9.38 Å². The van der Waals surface area contributed by atoms with Crippen molar-refractivity contribution in [2.24, 2.45) is 0 Å². The van der Waals surface area contributed by atoms with Crippen LogP contribution in [0, 0.1) is 11.6 Å². The quantitative estimate of drug-likeness (QED) is 0.393. The van der Waals surface area contributed by atoms with Gasteiger partial charge in [-0.05, 0) is 42.5 Å². The number of halogens is 3. The number of pyridine rings is 1. The molecule has 0 aliphatic heterocycles. The molecule has 0 saturated carbocycles. The first kappa shape index (κ1) is 22.3. The summed E-state index contributed by atoms with van der Waals surface area (Å²) in [7, 11) is -4.15. The standard InChI is InChI=1S/C21H14ClF2N3O3S2/c22-13-5-8-20-25-14(9-21(28)27(20)11-13)12-31-19-4-2-1-3-18(19)26-32(29,30)15-6-7-16(23)17(24)10-15/h1-11,26H,12H2. The van der Waals surface area contributed by atoms with Crippen LogP contribution in [0.2, 0.25) is 5.02 Å². The zero-order valence-electron chi connectivity index (χ0n) is 16.1. The fourth-order valence-electron chi connectivity index (χ4n) is 2.88. The van der Waals surface area contributed by atoms with Crippen molar-refractivity contribution in [2.75, 3.05) is 4.72 Å². The molecule has 1 N–H and O–H groups in total. The van der Waals surface area contributed by atoms with Gasteiger partial charge in [0.1, 0.15) is 5.65 Å². The number of hydrogen-bond donors (Lipinski definition) is 1. The van der Waals surface area contributed by atoms with E-state index >= 15 is 0 Å². The predicted molar refractivity (Wildman–Crippen MR) is 120 cm³/mol. The average molecular weight is 494 g/mol. The van der Waals surface area contributed by atoms with E-state index in [1.54, 1.807) is 36.4 Å². The van der Waals surface area contributed by atoms with Gasteiger partial charge < -0.3 is 0 Å². The number of sulfonamides is 1. The maximum atomic E-state index is 13.5. The average Bonchev–Trinajstić information content (AvgIpc) is 2.75. The van der Waals surface area contributed by atoms with Crippen molar-refractivity contribution >= 4 is 44.7 Å². The van der Waals surface area contributed by atoms with Gasteiger partial charge in [-0.2, -0.15) is 0 Å². The third kappa shape index (κ3) is 4.77. The number of thioether (sulfide) groups is 1. The summed E-state index contributed by atoms with van der Waals surface area (Å²) in [6.07, 6.45) is 1.48. The highest BCUT2D eigenvalue weighted by Crippen LogP contribution is 2.31. The Hall–Kier alpha value is -2.95. The number of para-hydroxylation sites is 1. The first-order valence-corrected chi connectivity index (χ1v) is 12.0. The smallest absolute Gasteiger partial charge is 0.262 e. The summed E-state index contributed by atoms with van der Waals surface area (Å²) >= 11 is 7.18. The van der Waals surface area contributed by atoms with Crippen molar-refractivity contribution in [3.8, 4) is 0 Å². The Labute approximate surface area is 190 Å². The number of fused-ring (bicyclic) bond motifs is 1. The van der Waals surface area contributed by atoms with Crippen LogP contribution in [0.1, 0.15) is 5.69 Å². The predicted octanol–water partition coefficient (Wildman–Crippen LogP) is 4.72. The number of benzene rings is 2. The Morgan fingerprint density at radius 1 is 1.03 bits per heavy atom. The molecule has 0 unspecified atom stereocenters.